The predicted octanol–water partition coefficient (Wildman–Crippen LogP) is 3.53. The van der Waals surface area contributed by atoms with Crippen LogP contribution in [-0.4, -0.2) is 68.6 Å². The first-order valence-electron chi connectivity index (χ1n) is 13.3. The average Bonchev–Trinajstić information content (AvgIpc) is 3.29. The van der Waals surface area contributed by atoms with Gasteiger partial charge < -0.3 is 20.3 Å². The third-order valence-corrected chi connectivity index (χ3v) is 8.95. The van der Waals surface area contributed by atoms with E-state index < -0.39 is 33.7 Å². The Balaban J connectivity index is 1.47. The summed E-state index contributed by atoms with van der Waals surface area (Å²) in [5, 5.41) is 5.96. The van der Waals surface area contributed by atoms with Crippen LogP contribution >= 0.6 is 0 Å². The number of amides is 1. The molecule has 0 radical (unpaired) electrons. The fourth-order valence-electron chi connectivity index (χ4n) is 5.61. The quantitative estimate of drug-likeness (QED) is 0.401. The van der Waals surface area contributed by atoms with Gasteiger partial charge in [0.25, 0.3) is 0 Å². The maximum atomic E-state index is 14.1. The number of rotatable bonds is 8. The Bertz CT molecular complexity index is 1600. The summed E-state index contributed by atoms with van der Waals surface area (Å²) in [7, 11) is -0.756. The van der Waals surface area contributed by atoms with Crippen molar-refractivity contribution in [2.24, 2.45) is 5.92 Å². The number of nitrogens with one attached hydrogen (secondary N) is 2. The van der Waals surface area contributed by atoms with E-state index in [0.29, 0.717) is 36.6 Å². The van der Waals surface area contributed by atoms with Gasteiger partial charge in [-0.2, -0.15) is 17.5 Å². The van der Waals surface area contributed by atoms with Gasteiger partial charge in [-0.25, -0.2) is 18.4 Å². The molecule has 2 aromatic carbocycles. The molecule has 224 valence electrons. The topological polar surface area (TPSA) is 117 Å². The molecule has 1 aliphatic carbocycles. The van der Waals surface area contributed by atoms with Crippen LogP contribution in [0.3, 0.4) is 0 Å². The normalized spacial score (nSPS) is 19.2. The third kappa shape index (κ3) is 6.05. The summed E-state index contributed by atoms with van der Waals surface area (Å²) in [6.07, 6.45) is -2.64. The van der Waals surface area contributed by atoms with E-state index in [2.05, 4.69) is 20.6 Å². The molecule has 0 spiro atoms. The zero-order valence-electron chi connectivity index (χ0n) is 23.3. The van der Waals surface area contributed by atoms with E-state index in [-0.39, 0.29) is 30.5 Å². The molecule has 1 fully saturated rings. The number of carbonyl (C=O) groups excluding carboxylic acids is 1. The van der Waals surface area contributed by atoms with Crippen LogP contribution in [0.2, 0.25) is 0 Å². The highest BCUT2D eigenvalue weighted by Crippen LogP contribution is 2.43. The first kappa shape index (κ1) is 29.7. The summed E-state index contributed by atoms with van der Waals surface area (Å²) in [5.41, 5.74) is 1.45. The lowest BCUT2D eigenvalue weighted by Gasteiger charge is -2.29. The average molecular weight is 605 g/mol. The van der Waals surface area contributed by atoms with Crippen molar-refractivity contribution in [2.75, 3.05) is 50.3 Å². The molecule has 5 rings (SSSR count). The van der Waals surface area contributed by atoms with Gasteiger partial charge in [0.1, 0.15) is 5.75 Å². The van der Waals surface area contributed by atoms with Crippen molar-refractivity contribution in [1.82, 2.24) is 19.6 Å². The predicted molar refractivity (Wildman–Crippen MR) is 151 cm³/mol. The number of piperazine rings is 1. The van der Waals surface area contributed by atoms with Crippen molar-refractivity contribution in [2.45, 2.75) is 25.1 Å². The number of benzene rings is 2. The molecule has 0 unspecified atom stereocenters. The van der Waals surface area contributed by atoms with Crippen LogP contribution in [0.1, 0.15) is 28.4 Å². The second kappa shape index (κ2) is 11.5. The van der Waals surface area contributed by atoms with Gasteiger partial charge in [-0.1, -0.05) is 24.3 Å². The van der Waals surface area contributed by atoms with Crippen LogP contribution < -0.4 is 20.3 Å². The summed E-state index contributed by atoms with van der Waals surface area (Å²) < 4.78 is 74.0. The van der Waals surface area contributed by atoms with Crippen LogP contribution in [0.5, 0.6) is 5.75 Å². The number of aromatic nitrogens is 2. The number of fused-ring (bicyclic) bond motifs is 1. The number of alkyl halides is 3. The molecule has 42 heavy (non-hydrogen) atoms. The number of hydrogen-bond donors (Lipinski definition) is 2. The van der Waals surface area contributed by atoms with Crippen LogP contribution in [0.4, 0.5) is 30.5 Å². The molecular weight excluding hydrogens is 573 g/mol. The lowest BCUT2D eigenvalue weighted by molar-refractivity contribution is -0.138. The second-order valence-corrected chi connectivity index (χ2v) is 12.4. The Hall–Kier alpha value is -3.75. The minimum atomic E-state index is -4.72. The van der Waals surface area contributed by atoms with Crippen LogP contribution in [0.15, 0.2) is 48.7 Å². The number of sulfonamides is 1. The molecule has 0 bridgehead atoms. The summed E-state index contributed by atoms with van der Waals surface area (Å²) in [4.78, 5) is 22.1. The minimum Gasteiger partial charge on any atom is -0.494 e. The zero-order valence-corrected chi connectivity index (χ0v) is 24.1. The molecule has 3 aromatic rings. The fraction of sp³-hybridized carbons (Fsp3) is 0.393. The number of methoxy groups -OCH3 is 1. The summed E-state index contributed by atoms with van der Waals surface area (Å²) >= 11 is 0. The fourth-order valence-corrected chi connectivity index (χ4v) is 6.31. The maximum absolute atomic E-state index is 14.1. The van der Waals surface area contributed by atoms with Crippen molar-refractivity contribution in [3.05, 3.63) is 71.0 Å². The van der Waals surface area contributed by atoms with E-state index >= 15 is 0 Å². The van der Waals surface area contributed by atoms with Crippen molar-refractivity contribution >= 4 is 33.3 Å². The molecule has 10 nitrogen and oxygen atoms in total. The monoisotopic (exact) mass is 604 g/mol. The third-order valence-electron chi connectivity index (χ3n) is 7.68. The van der Waals surface area contributed by atoms with E-state index in [0.717, 1.165) is 23.6 Å². The standard InChI is InChI=1S/C28H31F3N6O4S/c1-36(42(3,39)40)26-18(12-17-6-4-5-7-20(17)26)13-23-21(28(29,30)31)15-33-27(35-23)34-22-9-8-19(14-24(22)41-2)37-11-10-32-16-25(37)38/h4-9,14-15,18,26,32H,10-13,16H2,1-3H3,(H,33,34,35)/t18-,26-/m0/s1. The highest BCUT2D eigenvalue weighted by atomic mass is 32.2. The Morgan fingerprint density at radius 2 is 1.98 bits per heavy atom. The highest BCUT2D eigenvalue weighted by molar-refractivity contribution is 7.88. The van der Waals surface area contributed by atoms with E-state index in [1.54, 1.807) is 29.2 Å². The zero-order chi connectivity index (χ0) is 30.2. The molecule has 1 amide bonds. The Morgan fingerprint density at radius 3 is 2.67 bits per heavy atom. The van der Waals surface area contributed by atoms with E-state index in [9.17, 15) is 26.4 Å². The highest BCUT2D eigenvalue weighted by Gasteiger charge is 2.41. The van der Waals surface area contributed by atoms with Gasteiger partial charge in [0, 0.05) is 38.1 Å². The van der Waals surface area contributed by atoms with Gasteiger partial charge in [0.15, 0.2) is 0 Å². The van der Waals surface area contributed by atoms with E-state index in [1.165, 1.54) is 18.5 Å². The lowest BCUT2D eigenvalue weighted by Crippen LogP contribution is -2.48. The van der Waals surface area contributed by atoms with Gasteiger partial charge in [-0.15, -0.1) is 0 Å². The molecule has 1 aromatic heterocycles. The van der Waals surface area contributed by atoms with Crippen LogP contribution in [0, 0.1) is 5.92 Å². The molecular formula is C28H31F3N6O4S. The van der Waals surface area contributed by atoms with Crippen molar-refractivity contribution in [1.29, 1.82) is 0 Å². The van der Waals surface area contributed by atoms with Gasteiger partial charge in [-0.3, -0.25) is 4.79 Å². The number of hydrogen-bond acceptors (Lipinski definition) is 8. The van der Waals surface area contributed by atoms with Crippen molar-refractivity contribution in [3.8, 4) is 5.75 Å². The molecule has 14 heteroatoms. The van der Waals surface area contributed by atoms with Crippen molar-refractivity contribution < 1.29 is 31.1 Å². The van der Waals surface area contributed by atoms with E-state index in [4.69, 9.17) is 4.74 Å². The smallest absolute Gasteiger partial charge is 0.419 e. The summed E-state index contributed by atoms with van der Waals surface area (Å²) in [5.74, 6) is -0.305. The lowest BCUT2D eigenvalue weighted by atomic mass is 9.93. The number of ether oxygens (including phenoxy) is 1. The largest absolute Gasteiger partial charge is 0.494 e. The van der Waals surface area contributed by atoms with Gasteiger partial charge in [0.2, 0.25) is 21.9 Å². The molecule has 2 aliphatic rings. The summed E-state index contributed by atoms with van der Waals surface area (Å²) in [6.45, 7) is 1.35. The Kier molecular flexibility index (Phi) is 8.14. The molecule has 1 saturated heterocycles. The minimum absolute atomic E-state index is 0.0779. The molecule has 2 N–H and O–H groups in total. The van der Waals surface area contributed by atoms with Crippen LogP contribution in [0.25, 0.3) is 0 Å². The van der Waals surface area contributed by atoms with Gasteiger partial charge in [0.05, 0.1) is 42.9 Å². The van der Waals surface area contributed by atoms with Crippen LogP contribution in [-0.2, 0) is 33.8 Å². The number of halogens is 3. The Morgan fingerprint density at radius 1 is 1.21 bits per heavy atom. The molecule has 0 saturated carbocycles. The number of anilines is 3. The van der Waals surface area contributed by atoms with Gasteiger partial charge >= 0.3 is 6.18 Å². The number of carbonyl (C=O) groups is 1. The first-order chi connectivity index (χ1) is 19.9. The maximum Gasteiger partial charge on any atom is 0.419 e. The van der Waals surface area contributed by atoms with Gasteiger partial charge in [-0.05, 0) is 42.0 Å². The molecule has 2 atom stereocenters. The number of nitrogens with zero attached hydrogens (tertiary/aromatic N) is 4. The van der Waals surface area contributed by atoms with E-state index in [1.807, 2.05) is 18.2 Å². The summed E-state index contributed by atoms with van der Waals surface area (Å²) in [6, 6.07) is 11.7. The SMILES string of the molecule is COc1cc(N2CCNCC2=O)ccc1Nc1ncc(C(F)(F)F)c(C[C@@H]2Cc3ccccc3[C@H]2N(C)S(C)(=O)=O)n1. The first-order valence-corrected chi connectivity index (χ1v) is 15.1. The Labute approximate surface area is 242 Å². The molecule has 1 aliphatic heterocycles. The molecule has 2 heterocycles. The van der Waals surface area contributed by atoms with Crippen molar-refractivity contribution in [3.63, 3.8) is 0 Å². The second-order valence-electron chi connectivity index (χ2n) is 10.4.